The zero-order valence-electron chi connectivity index (χ0n) is 48.1. The number of nitrogens with one attached hydrogen (secondary N) is 4. The summed E-state index contributed by atoms with van der Waals surface area (Å²) in [4.78, 5) is 85.3. The molecule has 4 N–H and O–H groups in total. The second kappa shape index (κ2) is 28.8. The first-order valence-corrected chi connectivity index (χ1v) is 28.2. The fourth-order valence-electron chi connectivity index (χ4n) is 10.0. The molecular formula is C61H78F2N9O8S+. The highest BCUT2D eigenvalue weighted by Gasteiger charge is 2.43. The average Bonchev–Trinajstić information content (AvgIpc) is 2.95. The molecule has 0 aliphatic carbocycles. The van der Waals surface area contributed by atoms with E-state index < -0.39 is 46.4 Å². The molecular weight excluding hydrogens is 1060 g/mol. The standard InChI is InChI=1S/C61H77F2N9O8S/c1-59(2,38-51(73)67-56-45(62)36-42(37-46(56)63)57(78)68-58-66-29-35-81-58)39-55(77)70(8)41-53(75)65-28-32-80-34-33-79-31-27-64-52(74)40-69(7)54(76)26-14-11-19-30-72-48-23-18-16-21-44(48)61(5,6)50(72)25-13-10-12-24-49-60(3,4)43-20-15-17-22-47(43)71(49)9/h10,12-13,15-18,20-25,29,35-37H,11,14,19,26-28,30-34,38-41H2,1-9H3,(H3-,64,65,66,67,68,73,74,75,78)/p+1. The number of amides is 6. The van der Waals surface area contributed by atoms with E-state index in [0.29, 0.717) is 12.8 Å². The second-order valence-corrected chi connectivity index (χ2v) is 23.0. The number of fused-ring (bicyclic) bond motifs is 2. The summed E-state index contributed by atoms with van der Waals surface area (Å²) in [6.07, 6.45) is 14.7. The highest BCUT2D eigenvalue weighted by atomic mass is 32.1. The quantitative estimate of drug-likeness (QED) is 0.0232. The Bertz CT molecular complexity index is 3000. The molecule has 6 amide bonds. The van der Waals surface area contributed by atoms with Gasteiger partial charge in [0.25, 0.3) is 5.91 Å². The summed E-state index contributed by atoms with van der Waals surface area (Å²) in [6, 6.07) is 18.7. The maximum Gasteiger partial charge on any atom is 0.257 e. The Morgan fingerprint density at radius 3 is 1.99 bits per heavy atom. The molecule has 0 saturated heterocycles. The topological polar surface area (TPSA) is 195 Å². The maximum atomic E-state index is 14.8. The molecule has 3 aromatic carbocycles. The van der Waals surface area contributed by atoms with Gasteiger partial charge in [0.15, 0.2) is 22.5 Å². The number of allylic oxidation sites excluding steroid dienone is 6. The largest absolute Gasteiger partial charge is 0.377 e. The van der Waals surface area contributed by atoms with E-state index in [9.17, 15) is 37.5 Å². The van der Waals surface area contributed by atoms with Crippen LogP contribution in [0.3, 0.4) is 0 Å². The van der Waals surface area contributed by atoms with Crippen LogP contribution in [0.15, 0.2) is 108 Å². The van der Waals surface area contributed by atoms with Crippen molar-refractivity contribution in [3.05, 3.63) is 137 Å². The molecule has 81 heavy (non-hydrogen) atoms. The molecule has 2 aliphatic heterocycles. The Balaban J connectivity index is 0.787. The van der Waals surface area contributed by atoms with Crippen LogP contribution in [0.1, 0.15) is 102 Å². The van der Waals surface area contributed by atoms with Crippen LogP contribution < -0.4 is 26.2 Å². The van der Waals surface area contributed by atoms with Crippen molar-refractivity contribution in [2.24, 2.45) is 5.41 Å². The van der Waals surface area contributed by atoms with Crippen molar-refractivity contribution in [3.8, 4) is 0 Å². The summed E-state index contributed by atoms with van der Waals surface area (Å²) >= 11 is 1.13. The number of halogens is 2. The minimum Gasteiger partial charge on any atom is -0.377 e. The van der Waals surface area contributed by atoms with Crippen LogP contribution in [0.5, 0.6) is 0 Å². The maximum absolute atomic E-state index is 14.8. The molecule has 3 heterocycles. The number of carbonyl (C=O) groups is 6. The smallest absolute Gasteiger partial charge is 0.257 e. The normalized spacial score (nSPS) is 14.8. The number of para-hydroxylation sites is 2. The van der Waals surface area contributed by atoms with E-state index >= 15 is 0 Å². The molecule has 434 valence electrons. The minimum atomic E-state index is -1.15. The Morgan fingerprint density at radius 2 is 1.36 bits per heavy atom. The van der Waals surface area contributed by atoms with E-state index in [0.717, 1.165) is 42.9 Å². The predicted octanol–water partition coefficient (Wildman–Crippen LogP) is 8.66. The van der Waals surface area contributed by atoms with E-state index in [1.807, 2.05) is 0 Å². The van der Waals surface area contributed by atoms with Crippen molar-refractivity contribution >= 4 is 74.7 Å². The van der Waals surface area contributed by atoms with Crippen molar-refractivity contribution in [2.75, 3.05) is 95.8 Å². The molecule has 2 aliphatic rings. The lowest BCUT2D eigenvalue weighted by Crippen LogP contribution is -2.41. The molecule has 17 nitrogen and oxygen atoms in total. The summed E-state index contributed by atoms with van der Waals surface area (Å²) < 4.78 is 43.0. The lowest BCUT2D eigenvalue weighted by atomic mass is 9.81. The first kappa shape index (κ1) is 62.8. The van der Waals surface area contributed by atoms with Crippen molar-refractivity contribution in [3.63, 3.8) is 0 Å². The molecule has 20 heteroatoms. The molecule has 0 saturated carbocycles. The van der Waals surface area contributed by atoms with Crippen LogP contribution in [0.25, 0.3) is 0 Å². The molecule has 0 bridgehead atoms. The van der Waals surface area contributed by atoms with Gasteiger partial charge in [0.1, 0.15) is 12.7 Å². The van der Waals surface area contributed by atoms with E-state index in [2.05, 4.69) is 149 Å². The lowest BCUT2D eigenvalue weighted by Gasteiger charge is -2.27. The van der Waals surface area contributed by atoms with E-state index in [1.165, 1.54) is 57.0 Å². The second-order valence-electron chi connectivity index (χ2n) is 22.1. The van der Waals surface area contributed by atoms with Gasteiger partial charge in [-0.15, -0.1) is 11.3 Å². The van der Waals surface area contributed by atoms with Gasteiger partial charge < -0.3 is 40.1 Å². The van der Waals surface area contributed by atoms with Gasteiger partial charge in [0.05, 0.1) is 44.9 Å². The van der Waals surface area contributed by atoms with E-state index in [-0.39, 0.29) is 98.8 Å². The van der Waals surface area contributed by atoms with Gasteiger partial charge in [-0.25, -0.2) is 13.8 Å². The number of likely N-dealkylation sites (N-methyl/N-ethyl adjacent to an activating group) is 2. The lowest BCUT2D eigenvalue weighted by molar-refractivity contribution is -0.401. The Kier molecular flexibility index (Phi) is 22.3. The number of hydrogen-bond acceptors (Lipinski definition) is 11. The van der Waals surface area contributed by atoms with Crippen molar-refractivity contribution < 1.29 is 51.6 Å². The van der Waals surface area contributed by atoms with Crippen molar-refractivity contribution in [1.29, 1.82) is 0 Å². The zero-order valence-corrected chi connectivity index (χ0v) is 48.9. The van der Waals surface area contributed by atoms with Gasteiger partial charge >= 0.3 is 0 Å². The highest BCUT2D eigenvalue weighted by Crippen LogP contribution is 2.48. The predicted molar refractivity (Wildman–Crippen MR) is 313 cm³/mol. The highest BCUT2D eigenvalue weighted by molar-refractivity contribution is 7.13. The molecule has 0 spiro atoms. The summed E-state index contributed by atoms with van der Waals surface area (Å²) in [6.45, 7) is 14.2. The number of thiazole rings is 1. The van der Waals surface area contributed by atoms with Gasteiger partial charge in [-0.2, -0.15) is 4.58 Å². The summed E-state index contributed by atoms with van der Waals surface area (Å²) in [5.74, 6) is -5.05. The van der Waals surface area contributed by atoms with Gasteiger partial charge in [0.2, 0.25) is 35.2 Å². The SMILES string of the molecule is CN(CC(=O)NCCOCCOCCNC(=O)CN(C)C(=O)CC(C)(C)CC(=O)Nc1c(F)cc(C(=O)Nc2nccs2)cc1F)C(=O)CCCCCN1/C(=C/C=C/C=C/C2=[N+](C)c3ccccc3C2(C)C)C(C)(C)c2ccccc21. The first-order valence-electron chi connectivity index (χ1n) is 27.3. The van der Waals surface area contributed by atoms with Crippen molar-refractivity contribution in [1.82, 2.24) is 25.4 Å². The molecule has 0 atom stereocenters. The molecule has 1 aromatic heterocycles. The number of hydrogen-bond donors (Lipinski definition) is 4. The summed E-state index contributed by atoms with van der Waals surface area (Å²) in [5, 5.41) is 12.0. The third kappa shape index (κ3) is 17.3. The fraction of sp³-hybridized carbons (Fsp3) is 0.443. The zero-order chi connectivity index (χ0) is 58.9. The van der Waals surface area contributed by atoms with Crippen LogP contribution >= 0.6 is 11.3 Å². The van der Waals surface area contributed by atoms with Crippen LogP contribution in [0.2, 0.25) is 0 Å². The summed E-state index contributed by atoms with van der Waals surface area (Å²) in [5.41, 5.74) is 5.32. The Morgan fingerprint density at radius 1 is 0.741 bits per heavy atom. The Labute approximate surface area is 478 Å². The molecule has 0 radical (unpaired) electrons. The Hall–Kier alpha value is -7.42. The molecule has 0 fully saturated rings. The van der Waals surface area contributed by atoms with Gasteiger partial charge in [-0.1, -0.05) is 88.7 Å². The monoisotopic (exact) mass is 1130 g/mol. The average molecular weight is 1140 g/mol. The van der Waals surface area contributed by atoms with Gasteiger partial charge in [-0.3, -0.25) is 34.1 Å². The third-order valence-corrected chi connectivity index (χ3v) is 15.0. The first-order chi connectivity index (χ1) is 38.5. The number of unbranched alkanes of at least 4 members (excludes halogenated alkanes) is 2. The number of aromatic nitrogens is 1. The van der Waals surface area contributed by atoms with Crippen LogP contribution in [0, 0.1) is 17.0 Å². The molecule has 6 rings (SSSR count). The van der Waals surface area contributed by atoms with Crippen molar-refractivity contribution in [2.45, 2.75) is 90.9 Å². The number of nitrogens with zero attached hydrogens (tertiary/aromatic N) is 5. The number of anilines is 3. The number of benzene rings is 3. The molecule has 4 aromatic rings. The van der Waals surface area contributed by atoms with E-state index in [4.69, 9.17) is 9.47 Å². The third-order valence-electron chi connectivity index (χ3n) is 14.4. The number of ether oxygens (including phenoxy) is 2. The van der Waals surface area contributed by atoms with Crippen LogP contribution in [0.4, 0.5) is 31.0 Å². The van der Waals surface area contributed by atoms with Crippen LogP contribution in [-0.2, 0) is 44.3 Å². The number of rotatable bonds is 29. The van der Waals surface area contributed by atoms with Crippen LogP contribution in [-0.4, -0.2) is 141 Å². The minimum absolute atomic E-state index is 0.0598. The molecule has 0 unspecified atom stereocenters. The van der Waals surface area contributed by atoms with Gasteiger partial charge in [0, 0.05) is 105 Å². The fourth-order valence-corrected chi connectivity index (χ4v) is 10.5. The van der Waals surface area contributed by atoms with Gasteiger partial charge in [-0.05, 0) is 61.9 Å². The van der Waals surface area contributed by atoms with E-state index in [1.54, 1.807) is 26.3 Å². The number of carbonyl (C=O) groups excluding carboxylic acids is 6. The summed E-state index contributed by atoms with van der Waals surface area (Å²) in [7, 11) is 5.21.